The van der Waals surface area contributed by atoms with Crippen LogP contribution in [0.2, 0.25) is 0 Å². The monoisotopic (exact) mass is 252 g/mol. The van der Waals surface area contributed by atoms with Crippen LogP contribution in [0, 0.1) is 0 Å². The molecule has 0 spiro atoms. The molecule has 0 radical (unpaired) electrons. The first-order valence-electron chi connectivity index (χ1n) is 6.17. The van der Waals surface area contributed by atoms with E-state index in [4.69, 9.17) is 14.2 Å². The third-order valence-electron chi connectivity index (χ3n) is 2.37. The molecule has 0 aliphatic heterocycles. The van der Waals surface area contributed by atoms with E-state index in [0.29, 0.717) is 24.7 Å². The fourth-order valence-corrected chi connectivity index (χ4v) is 1.60. The van der Waals surface area contributed by atoms with Crippen LogP contribution in [0.1, 0.15) is 25.8 Å². The van der Waals surface area contributed by atoms with Gasteiger partial charge in [0.05, 0.1) is 26.7 Å². The third-order valence-corrected chi connectivity index (χ3v) is 2.37. The van der Waals surface area contributed by atoms with Crippen LogP contribution in [-0.4, -0.2) is 26.3 Å². The first-order chi connectivity index (χ1) is 8.72. The first-order valence-corrected chi connectivity index (χ1v) is 6.17. The van der Waals surface area contributed by atoms with Crippen LogP contribution in [0.3, 0.4) is 0 Å². The standard InChI is InChI=1S/C14H20O4/c1-4-9-18-14-11(10-13(15)17-5-2)7-6-8-12(14)16-3/h6-8H,4-5,9-10H2,1-3H3. The van der Waals surface area contributed by atoms with Crippen molar-refractivity contribution in [2.45, 2.75) is 26.7 Å². The summed E-state index contributed by atoms with van der Waals surface area (Å²) in [4.78, 5) is 11.5. The van der Waals surface area contributed by atoms with E-state index in [-0.39, 0.29) is 12.4 Å². The highest BCUT2D eigenvalue weighted by Crippen LogP contribution is 2.31. The van der Waals surface area contributed by atoms with Crippen molar-refractivity contribution in [3.63, 3.8) is 0 Å². The zero-order chi connectivity index (χ0) is 13.4. The van der Waals surface area contributed by atoms with Gasteiger partial charge in [0, 0.05) is 5.56 Å². The molecule has 1 aromatic rings. The van der Waals surface area contributed by atoms with Crippen LogP contribution in [0.25, 0.3) is 0 Å². The van der Waals surface area contributed by atoms with Crippen LogP contribution < -0.4 is 9.47 Å². The van der Waals surface area contributed by atoms with Crippen molar-refractivity contribution < 1.29 is 19.0 Å². The summed E-state index contributed by atoms with van der Waals surface area (Å²) in [5.74, 6) is 1.02. The molecule has 0 atom stereocenters. The Balaban J connectivity index is 2.90. The first kappa shape index (κ1) is 14.4. The summed E-state index contributed by atoms with van der Waals surface area (Å²) in [5.41, 5.74) is 0.793. The number of rotatable bonds is 7. The summed E-state index contributed by atoms with van der Waals surface area (Å²) in [6.07, 6.45) is 1.10. The Hall–Kier alpha value is -1.71. The van der Waals surface area contributed by atoms with Gasteiger partial charge in [0.25, 0.3) is 0 Å². The lowest BCUT2D eigenvalue weighted by molar-refractivity contribution is -0.142. The number of hydrogen-bond donors (Lipinski definition) is 0. The molecule has 0 N–H and O–H groups in total. The highest BCUT2D eigenvalue weighted by molar-refractivity contribution is 5.74. The molecule has 0 unspecified atom stereocenters. The average molecular weight is 252 g/mol. The predicted molar refractivity (Wildman–Crippen MR) is 69.1 cm³/mol. The van der Waals surface area contributed by atoms with Gasteiger partial charge in [-0.3, -0.25) is 4.79 Å². The van der Waals surface area contributed by atoms with Crippen LogP contribution in [-0.2, 0) is 16.0 Å². The molecular formula is C14H20O4. The normalized spacial score (nSPS) is 9.94. The van der Waals surface area contributed by atoms with Crippen LogP contribution >= 0.6 is 0 Å². The number of carbonyl (C=O) groups excluding carboxylic acids is 1. The largest absolute Gasteiger partial charge is 0.493 e. The van der Waals surface area contributed by atoms with Gasteiger partial charge in [0.2, 0.25) is 0 Å². The van der Waals surface area contributed by atoms with E-state index in [2.05, 4.69) is 0 Å². The van der Waals surface area contributed by atoms with Crippen LogP contribution in [0.4, 0.5) is 0 Å². The van der Waals surface area contributed by atoms with E-state index in [1.165, 1.54) is 0 Å². The maximum absolute atomic E-state index is 11.5. The van der Waals surface area contributed by atoms with Crippen molar-refractivity contribution in [1.29, 1.82) is 0 Å². The zero-order valence-corrected chi connectivity index (χ0v) is 11.2. The lowest BCUT2D eigenvalue weighted by atomic mass is 10.1. The molecule has 4 nitrogen and oxygen atoms in total. The molecule has 0 fully saturated rings. The molecule has 0 amide bonds. The Labute approximate surface area is 108 Å². The van der Waals surface area contributed by atoms with Gasteiger partial charge >= 0.3 is 5.97 Å². The molecule has 0 saturated heterocycles. The summed E-state index contributed by atoms with van der Waals surface area (Å²) >= 11 is 0. The molecule has 1 rings (SSSR count). The molecule has 0 saturated carbocycles. The summed E-state index contributed by atoms with van der Waals surface area (Å²) in [5, 5.41) is 0. The van der Waals surface area contributed by atoms with E-state index >= 15 is 0 Å². The second-order valence-corrected chi connectivity index (χ2v) is 3.78. The number of methoxy groups -OCH3 is 1. The fraction of sp³-hybridized carbons (Fsp3) is 0.500. The number of carbonyl (C=O) groups is 1. The van der Waals surface area contributed by atoms with Gasteiger partial charge in [-0.2, -0.15) is 0 Å². The molecule has 18 heavy (non-hydrogen) atoms. The van der Waals surface area contributed by atoms with Gasteiger partial charge in [0.1, 0.15) is 0 Å². The van der Waals surface area contributed by atoms with Crippen molar-refractivity contribution in [1.82, 2.24) is 0 Å². The molecule has 0 heterocycles. The number of hydrogen-bond acceptors (Lipinski definition) is 4. The van der Waals surface area contributed by atoms with Gasteiger partial charge in [-0.25, -0.2) is 0 Å². The smallest absolute Gasteiger partial charge is 0.310 e. The van der Waals surface area contributed by atoms with Gasteiger partial charge in [-0.1, -0.05) is 19.1 Å². The summed E-state index contributed by atoms with van der Waals surface area (Å²) in [7, 11) is 1.59. The van der Waals surface area contributed by atoms with E-state index in [1.54, 1.807) is 14.0 Å². The Kier molecular flexibility index (Phi) is 6.05. The summed E-state index contributed by atoms with van der Waals surface area (Å²) in [6, 6.07) is 5.51. The Morgan fingerprint density at radius 1 is 1.28 bits per heavy atom. The third kappa shape index (κ3) is 3.95. The van der Waals surface area contributed by atoms with Crippen LogP contribution in [0.5, 0.6) is 11.5 Å². The minimum absolute atomic E-state index is 0.198. The topological polar surface area (TPSA) is 44.8 Å². The van der Waals surface area contributed by atoms with Crippen molar-refractivity contribution in [3.05, 3.63) is 23.8 Å². The molecule has 100 valence electrons. The van der Waals surface area contributed by atoms with Crippen LogP contribution in [0.15, 0.2) is 18.2 Å². The number of ether oxygens (including phenoxy) is 3. The molecular weight excluding hydrogens is 232 g/mol. The Bertz CT molecular complexity index is 387. The maximum Gasteiger partial charge on any atom is 0.310 e. The van der Waals surface area contributed by atoms with Gasteiger partial charge in [-0.15, -0.1) is 0 Å². The highest BCUT2D eigenvalue weighted by atomic mass is 16.5. The predicted octanol–water partition coefficient (Wildman–Crippen LogP) is 2.59. The number of esters is 1. The van der Waals surface area contributed by atoms with Gasteiger partial charge in [-0.05, 0) is 19.4 Å². The lowest BCUT2D eigenvalue weighted by Crippen LogP contribution is -2.10. The minimum atomic E-state index is -0.257. The van der Waals surface area contributed by atoms with Gasteiger partial charge < -0.3 is 14.2 Å². The van der Waals surface area contributed by atoms with Crippen molar-refractivity contribution in [3.8, 4) is 11.5 Å². The van der Waals surface area contributed by atoms with Crippen molar-refractivity contribution in [2.24, 2.45) is 0 Å². The van der Waals surface area contributed by atoms with E-state index in [1.807, 2.05) is 25.1 Å². The van der Waals surface area contributed by atoms with E-state index < -0.39 is 0 Å². The van der Waals surface area contributed by atoms with Crippen molar-refractivity contribution >= 4 is 5.97 Å². The lowest BCUT2D eigenvalue weighted by Gasteiger charge is -2.14. The highest BCUT2D eigenvalue weighted by Gasteiger charge is 2.14. The maximum atomic E-state index is 11.5. The zero-order valence-electron chi connectivity index (χ0n) is 11.2. The minimum Gasteiger partial charge on any atom is -0.493 e. The van der Waals surface area contributed by atoms with Gasteiger partial charge in [0.15, 0.2) is 11.5 Å². The summed E-state index contributed by atoms with van der Waals surface area (Å²) in [6.45, 7) is 4.79. The second-order valence-electron chi connectivity index (χ2n) is 3.78. The fourth-order valence-electron chi connectivity index (χ4n) is 1.60. The number of para-hydroxylation sites is 1. The molecule has 0 aliphatic carbocycles. The quantitative estimate of drug-likeness (QED) is 0.700. The Morgan fingerprint density at radius 2 is 2.06 bits per heavy atom. The SMILES string of the molecule is CCCOc1c(CC(=O)OCC)cccc1OC. The number of benzene rings is 1. The molecule has 4 heteroatoms. The molecule has 0 aliphatic rings. The molecule has 0 bridgehead atoms. The molecule has 1 aromatic carbocycles. The summed E-state index contributed by atoms with van der Waals surface area (Å²) < 4.78 is 15.8. The molecule has 0 aromatic heterocycles. The van der Waals surface area contributed by atoms with E-state index in [9.17, 15) is 4.79 Å². The Morgan fingerprint density at radius 3 is 2.67 bits per heavy atom. The van der Waals surface area contributed by atoms with Crippen molar-refractivity contribution in [2.75, 3.05) is 20.3 Å². The van der Waals surface area contributed by atoms with E-state index in [0.717, 1.165) is 12.0 Å². The average Bonchev–Trinajstić information content (AvgIpc) is 2.37. The second kappa shape index (κ2) is 7.58.